The van der Waals surface area contributed by atoms with E-state index < -0.39 is 10.0 Å². The van der Waals surface area contributed by atoms with Gasteiger partial charge in [0.15, 0.2) is 5.65 Å². The molecule has 6 heteroatoms. The Hall–Kier alpha value is -1.85. The third kappa shape index (κ3) is 2.32. The summed E-state index contributed by atoms with van der Waals surface area (Å²) < 4.78 is 26.7. The van der Waals surface area contributed by atoms with Crippen molar-refractivity contribution in [3.8, 4) is 0 Å². The zero-order chi connectivity index (χ0) is 15.0. The predicted octanol–water partition coefficient (Wildman–Crippen LogP) is 3.32. The van der Waals surface area contributed by atoms with Crippen molar-refractivity contribution in [1.29, 1.82) is 0 Å². The van der Waals surface area contributed by atoms with E-state index in [2.05, 4.69) is 4.98 Å². The fourth-order valence-electron chi connectivity index (χ4n) is 2.21. The zero-order valence-corrected chi connectivity index (χ0v) is 12.9. The van der Waals surface area contributed by atoms with Crippen molar-refractivity contribution in [2.24, 2.45) is 0 Å². The molecule has 0 spiro atoms. The molecule has 0 saturated carbocycles. The Kier molecular flexibility index (Phi) is 3.47. The lowest BCUT2D eigenvalue weighted by atomic mass is 10.2. The van der Waals surface area contributed by atoms with E-state index >= 15 is 0 Å². The molecule has 21 heavy (non-hydrogen) atoms. The highest BCUT2D eigenvalue weighted by atomic mass is 35.5. The van der Waals surface area contributed by atoms with Gasteiger partial charge < -0.3 is 0 Å². The fourth-order valence-corrected chi connectivity index (χ4v) is 3.77. The number of hydrogen-bond acceptors (Lipinski definition) is 3. The minimum Gasteiger partial charge on any atom is -0.237 e. The Morgan fingerprint density at radius 2 is 1.90 bits per heavy atom. The molecular weight excluding hydrogens is 308 g/mol. The van der Waals surface area contributed by atoms with Crippen LogP contribution < -0.4 is 0 Å². The van der Waals surface area contributed by atoms with Crippen LogP contribution in [0.3, 0.4) is 0 Å². The van der Waals surface area contributed by atoms with Crippen molar-refractivity contribution in [1.82, 2.24) is 8.96 Å². The van der Waals surface area contributed by atoms with Crippen LogP contribution in [-0.4, -0.2) is 17.4 Å². The first kappa shape index (κ1) is 14.1. The first-order chi connectivity index (χ1) is 10.0. The molecule has 0 aliphatic heterocycles. The number of pyridine rings is 1. The van der Waals surface area contributed by atoms with E-state index in [-0.39, 0.29) is 10.8 Å². The van der Waals surface area contributed by atoms with Crippen LogP contribution in [0, 0.1) is 6.92 Å². The van der Waals surface area contributed by atoms with Crippen LogP contribution in [0.4, 0.5) is 0 Å². The molecule has 2 heterocycles. The van der Waals surface area contributed by atoms with E-state index in [0.717, 1.165) is 16.5 Å². The number of benzene rings is 1. The number of alkyl halides is 1. The summed E-state index contributed by atoms with van der Waals surface area (Å²) in [5.41, 5.74) is 2.15. The molecule has 2 aromatic heterocycles. The molecule has 0 radical (unpaired) electrons. The van der Waals surface area contributed by atoms with Crippen molar-refractivity contribution >= 4 is 32.7 Å². The van der Waals surface area contributed by atoms with Crippen molar-refractivity contribution in [3.05, 3.63) is 59.9 Å². The van der Waals surface area contributed by atoms with Gasteiger partial charge in [-0.15, -0.1) is 11.6 Å². The number of halogens is 1. The molecule has 0 bridgehead atoms. The SMILES string of the molecule is Cc1ccc(S(=O)(=O)n2cc(CCl)c3cccnc32)cc1. The summed E-state index contributed by atoms with van der Waals surface area (Å²) >= 11 is 5.90. The van der Waals surface area contributed by atoms with Crippen molar-refractivity contribution in [2.75, 3.05) is 0 Å². The van der Waals surface area contributed by atoms with E-state index in [0.29, 0.717) is 5.65 Å². The molecule has 4 nitrogen and oxygen atoms in total. The van der Waals surface area contributed by atoms with Gasteiger partial charge >= 0.3 is 0 Å². The molecule has 0 aliphatic carbocycles. The normalized spacial score (nSPS) is 11.9. The second kappa shape index (κ2) is 5.16. The van der Waals surface area contributed by atoms with Crippen LogP contribution in [0.2, 0.25) is 0 Å². The lowest BCUT2D eigenvalue weighted by Crippen LogP contribution is -2.12. The van der Waals surface area contributed by atoms with E-state index in [9.17, 15) is 8.42 Å². The summed E-state index contributed by atoms with van der Waals surface area (Å²) in [7, 11) is -3.68. The van der Waals surface area contributed by atoms with Crippen molar-refractivity contribution in [2.45, 2.75) is 17.7 Å². The van der Waals surface area contributed by atoms with Gasteiger partial charge in [0.1, 0.15) is 0 Å². The van der Waals surface area contributed by atoms with Gasteiger partial charge in [-0.2, -0.15) is 0 Å². The lowest BCUT2D eigenvalue weighted by molar-refractivity contribution is 0.588. The highest BCUT2D eigenvalue weighted by Gasteiger charge is 2.21. The van der Waals surface area contributed by atoms with Gasteiger partial charge in [0, 0.05) is 23.7 Å². The molecule has 0 saturated heterocycles. The van der Waals surface area contributed by atoms with Crippen LogP contribution in [0.15, 0.2) is 53.7 Å². The van der Waals surface area contributed by atoms with Gasteiger partial charge in [-0.3, -0.25) is 0 Å². The average Bonchev–Trinajstić information content (AvgIpc) is 2.87. The Labute approximate surface area is 128 Å². The largest absolute Gasteiger partial charge is 0.269 e. The second-order valence-electron chi connectivity index (χ2n) is 4.78. The van der Waals surface area contributed by atoms with Crippen LogP contribution >= 0.6 is 11.6 Å². The van der Waals surface area contributed by atoms with Gasteiger partial charge in [-0.05, 0) is 36.8 Å². The molecule has 108 valence electrons. The van der Waals surface area contributed by atoms with Crippen LogP contribution in [0.25, 0.3) is 11.0 Å². The average molecular weight is 321 g/mol. The van der Waals surface area contributed by atoms with Crippen LogP contribution in [-0.2, 0) is 15.9 Å². The quantitative estimate of drug-likeness (QED) is 0.696. The van der Waals surface area contributed by atoms with E-state index in [4.69, 9.17) is 11.6 Å². The maximum atomic E-state index is 12.8. The maximum Gasteiger partial charge on any atom is 0.269 e. The van der Waals surface area contributed by atoms with E-state index in [1.165, 1.54) is 3.97 Å². The molecule has 1 aromatic carbocycles. The summed E-state index contributed by atoms with van der Waals surface area (Å²) in [6.45, 7) is 1.91. The molecular formula is C15H13ClN2O2S. The predicted molar refractivity (Wildman–Crippen MR) is 83.1 cm³/mol. The first-order valence-corrected chi connectivity index (χ1v) is 8.34. The molecule has 3 rings (SSSR count). The van der Waals surface area contributed by atoms with Gasteiger partial charge in [-0.25, -0.2) is 17.4 Å². The second-order valence-corrected chi connectivity index (χ2v) is 6.86. The van der Waals surface area contributed by atoms with Gasteiger partial charge in [0.25, 0.3) is 10.0 Å². The Morgan fingerprint density at radius 3 is 2.57 bits per heavy atom. The molecule has 0 atom stereocenters. The topological polar surface area (TPSA) is 52.0 Å². The van der Waals surface area contributed by atoms with Gasteiger partial charge in [0.2, 0.25) is 0 Å². The highest BCUT2D eigenvalue weighted by molar-refractivity contribution is 7.90. The first-order valence-electron chi connectivity index (χ1n) is 6.37. The number of nitrogens with zero attached hydrogens (tertiary/aromatic N) is 2. The molecule has 0 aliphatic rings. The van der Waals surface area contributed by atoms with Gasteiger partial charge in [0.05, 0.1) is 4.90 Å². The molecule has 0 N–H and O–H groups in total. The van der Waals surface area contributed by atoms with Crippen LogP contribution in [0.5, 0.6) is 0 Å². The Morgan fingerprint density at radius 1 is 1.19 bits per heavy atom. The highest BCUT2D eigenvalue weighted by Crippen LogP contribution is 2.25. The summed E-state index contributed by atoms with van der Waals surface area (Å²) in [5, 5.41) is 0.753. The zero-order valence-electron chi connectivity index (χ0n) is 11.3. The number of rotatable bonds is 3. The number of fused-ring (bicyclic) bond motifs is 1. The minimum absolute atomic E-state index is 0.233. The monoisotopic (exact) mass is 320 g/mol. The van der Waals surface area contributed by atoms with Crippen molar-refractivity contribution < 1.29 is 8.42 Å². The van der Waals surface area contributed by atoms with Crippen molar-refractivity contribution in [3.63, 3.8) is 0 Å². The molecule has 3 aromatic rings. The maximum absolute atomic E-state index is 12.8. The standard InChI is InChI=1S/C15H13ClN2O2S/c1-11-4-6-13(7-5-11)21(19,20)18-10-12(9-16)14-3-2-8-17-15(14)18/h2-8,10H,9H2,1H3. The summed E-state index contributed by atoms with van der Waals surface area (Å²) in [6, 6.07) is 10.3. The van der Waals surface area contributed by atoms with Gasteiger partial charge in [-0.1, -0.05) is 17.7 Å². The minimum atomic E-state index is -3.68. The Balaban J connectivity index is 2.26. The van der Waals surface area contributed by atoms with Crippen LogP contribution in [0.1, 0.15) is 11.1 Å². The Bertz CT molecular complexity index is 899. The summed E-state index contributed by atoms with van der Waals surface area (Å²) in [6.07, 6.45) is 3.11. The smallest absolute Gasteiger partial charge is 0.237 e. The molecule has 0 unspecified atom stereocenters. The third-order valence-corrected chi connectivity index (χ3v) is 5.29. The third-order valence-electron chi connectivity index (χ3n) is 3.34. The fraction of sp³-hybridized carbons (Fsp3) is 0.133. The van der Waals surface area contributed by atoms with E-state index in [1.54, 1.807) is 42.7 Å². The number of aryl methyl sites for hydroxylation is 1. The molecule has 0 fully saturated rings. The number of hydrogen-bond donors (Lipinski definition) is 0. The van der Waals surface area contributed by atoms with E-state index in [1.807, 2.05) is 13.0 Å². The lowest BCUT2D eigenvalue weighted by Gasteiger charge is -2.07. The summed E-state index contributed by atoms with van der Waals surface area (Å²) in [4.78, 5) is 4.42. The number of aromatic nitrogens is 2. The summed E-state index contributed by atoms with van der Waals surface area (Å²) in [5.74, 6) is 0.235. The molecule has 0 amide bonds.